The molecule has 1 unspecified atom stereocenters. The Morgan fingerprint density at radius 1 is 1.16 bits per heavy atom. The van der Waals surface area contributed by atoms with Crippen LogP contribution in [0.4, 0.5) is 21.6 Å². The third-order valence-corrected chi connectivity index (χ3v) is 7.92. The van der Waals surface area contributed by atoms with Crippen molar-refractivity contribution in [3.05, 3.63) is 60.9 Å². The number of benzene rings is 2. The SMILES string of the molecule is COc1cc2c(Nc3cnn(CC(=O)Nc4cccc(F)c4)c3)ncnc2cc1OCCC(NCCOP(=O)(O)O)C1CCC1. The molecule has 5 N–H and O–H groups in total. The van der Waals surface area contributed by atoms with E-state index in [2.05, 4.69) is 35.5 Å². The van der Waals surface area contributed by atoms with Crippen LogP contribution in [0.25, 0.3) is 10.9 Å². The molecule has 0 radical (unpaired) electrons. The first-order valence-electron chi connectivity index (χ1n) is 14.4. The summed E-state index contributed by atoms with van der Waals surface area (Å²) in [7, 11) is -2.95. The number of ether oxygens (including phenoxy) is 2. The number of phosphoric ester groups is 1. The molecule has 240 valence electrons. The third kappa shape index (κ3) is 9.19. The van der Waals surface area contributed by atoms with Gasteiger partial charge >= 0.3 is 7.82 Å². The molecule has 2 aromatic carbocycles. The van der Waals surface area contributed by atoms with Crippen molar-refractivity contribution >= 4 is 41.8 Å². The second-order valence-electron chi connectivity index (χ2n) is 10.6. The van der Waals surface area contributed by atoms with Crippen molar-refractivity contribution in [3.8, 4) is 11.5 Å². The third-order valence-electron chi connectivity index (χ3n) is 7.40. The van der Waals surface area contributed by atoms with Crippen LogP contribution in [0.3, 0.4) is 0 Å². The number of anilines is 3. The number of carbonyl (C=O) groups is 1. The van der Waals surface area contributed by atoms with Crippen molar-refractivity contribution in [2.24, 2.45) is 5.92 Å². The lowest BCUT2D eigenvalue weighted by atomic mass is 9.78. The van der Waals surface area contributed by atoms with Gasteiger partial charge in [-0.25, -0.2) is 18.9 Å². The maximum Gasteiger partial charge on any atom is 0.469 e. The highest BCUT2D eigenvalue weighted by Gasteiger charge is 2.27. The van der Waals surface area contributed by atoms with Gasteiger partial charge in [0, 0.05) is 35.9 Å². The van der Waals surface area contributed by atoms with Gasteiger partial charge in [0.1, 0.15) is 24.5 Å². The van der Waals surface area contributed by atoms with Gasteiger partial charge in [0.15, 0.2) is 11.5 Å². The van der Waals surface area contributed by atoms with Crippen molar-refractivity contribution in [1.29, 1.82) is 0 Å². The maximum atomic E-state index is 13.4. The molecule has 5 rings (SSSR count). The number of hydrogen-bond donors (Lipinski definition) is 5. The van der Waals surface area contributed by atoms with Crippen LogP contribution in [0.5, 0.6) is 11.5 Å². The predicted molar refractivity (Wildman–Crippen MR) is 164 cm³/mol. The molecule has 14 nitrogen and oxygen atoms in total. The van der Waals surface area contributed by atoms with Crippen LogP contribution < -0.4 is 25.4 Å². The molecule has 0 bridgehead atoms. The number of methoxy groups -OCH3 is 1. The van der Waals surface area contributed by atoms with Crippen molar-refractivity contribution in [2.45, 2.75) is 38.3 Å². The van der Waals surface area contributed by atoms with Crippen LogP contribution in [0.2, 0.25) is 0 Å². The van der Waals surface area contributed by atoms with Crippen molar-refractivity contribution in [3.63, 3.8) is 0 Å². The topological polar surface area (TPSA) is 182 Å². The van der Waals surface area contributed by atoms with Crippen LogP contribution in [0.1, 0.15) is 25.7 Å². The average molecular weight is 644 g/mol. The number of nitrogens with one attached hydrogen (secondary N) is 3. The first-order valence-corrected chi connectivity index (χ1v) is 15.9. The highest BCUT2D eigenvalue weighted by Crippen LogP contribution is 2.37. The molecule has 2 aromatic heterocycles. The molecule has 0 spiro atoms. The zero-order chi connectivity index (χ0) is 31.8. The summed E-state index contributed by atoms with van der Waals surface area (Å²) in [4.78, 5) is 39.0. The van der Waals surface area contributed by atoms with Gasteiger partial charge < -0.3 is 35.2 Å². The fourth-order valence-corrected chi connectivity index (χ4v) is 5.38. The summed E-state index contributed by atoms with van der Waals surface area (Å²) >= 11 is 0. The smallest absolute Gasteiger partial charge is 0.469 e. The molecular formula is C29H35FN7O7P. The first-order chi connectivity index (χ1) is 21.7. The molecule has 1 atom stereocenters. The zero-order valence-corrected chi connectivity index (χ0v) is 25.5. The minimum absolute atomic E-state index is 0.0739. The van der Waals surface area contributed by atoms with Gasteiger partial charge in [-0.2, -0.15) is 5.10 Å². The van der Waals surface area contributed by atoms with E-state index in [4.69, 9.17) is 19.3 Å². The Hall–Kier alpha value is -4.14. The number of halogens is 1. The van der Waals surface area contributed by atoms with Gasteiger partial charge in [-0.15, -0.1) is 0 Å². The van der Waals surface area contributed by atoms with E-state index in [0.29, 0.717) is 65.1 Å². The second kappa shape index (κ2) is 14.8. The van der Waals surface area contributed by atoms with E-state index in [1.54, 1.807) is 37.7 Å². The molecule has 0 saturated heterocycles. The van der Waals surface area contributed by atoms with Crippen molar-refractivity contribution in [2.75, 3.05) is 37.5 Å². The Bertz CT molecular complexity index is 1660. The standard InChI is InChI=1S/C29H35FN7O7P/c1-42-26-13-23-25(14-27(26)43-10-8-24(19-4-2-5-19)31-9-11-44-45(39,40)41)32-18-33-29(23)36-22-15-34-37(16-22)17-28(38)35-21-7-3-6-20(30)12-21/h3,6-7,12-16,18-19,24,31H,2,4-5,8-11,17H2,1H3,(H,35,38)(H,32,33,36)(H2,39,40,41). The van der Waals surface area contributed by atoms with Crippen LogP contribution in [-0.4, -0.2) is 68.4 Å². The molecule has 1 aliphatic carbocycles. The monoisotopic (exact) mass is 643 g/mol. The normalized spacial score (nSPS) is 14.1. The van der Waals surface area contributed by atoms with E-state index in [0.717, 1.165) is 19.3 Å². The van der Waals surface area contributed by atoms with Crippen LogP contribution in [0.15, 0.2) is 55.1 Å². The lowest BCUT2D eigenvalue weighted by molar-refractivity contribution is -0.116. The molecular weight excluding hydrogens is 608 g/mol. The lowest BCUT2D eigenvalue weighted by Crippen LogP contribution is -2.42. The molecule has 1 amide bonds. The summed E-state index contributed by atoms with van der Waals surface area (Å²) in [5.41, 5.74) is 1.57. The zero-order valence-electron chi connectivity index (χ0n) is 24.6. The summed E-state index contributed by atoms with van der Waals surface area (Å²) in [5.74, 6) is 1.18. The highest BCUT2D eigenvalue weighted by atomic mass is 31.2. The van der Waals surface area contributed by atoms with E-state index in [-0.39, 0.29) is 25.1 Å². The van der Waals surface area contributed by atoms with Gasteiger partial charge in [-0.3, -0.25) is 14.0 Å². The number of fused-ring (bicyclic) bond motifs is 1. The van der Waals surface area contributed by atoms with Crippen molar-refractivity contribution in [1.82, 2.24) is 25.1 Å². The number of nitrogens with zero attached hydrogens (tertiary/aromatic N) is 4. The summed E-state index contributed by atoms with van der Waals surface area (Å²) in [6, 6.07) is 9.33. The fraction of sp³-hybridized carbons (Fsp3) is 0.379. The minimum Gasteiger partial charge on any atom is -0.493 e. The Labute approximate surface area is 258 Å². The second-order valence-corrected chi connectivity index (χ2v) is 11.8. The minimum atomic E-state index is -4.50. The van der Waals surface area contributed by atoms with E-state index < -0.39 is 13.6 Å². The molecule has 16 heteroatoms. The van der Waals surface area contributed by atoms with Crippen LogP contribution in [-0.2, 0) is 20.4 Å². The van der Waals surface area contributed by atoms with E-state index in [1.165, 1.54) is 29.2 Å². The summed E-state index contributed by atoms with van der Waals surface area (Å²) < 4.78 is 42.1. The first kappa shape index (κ1) is 32.3. The number of hydrogen-bond acceptors (Lipinski definition) is 10. The summed E-state index contributed by atoms with van der Waals surface area (Å²) in [5, 5.41) is 14.1. The average Bonchev–Trinajstić information content (AvgIpc) is 3.39. The van der Waals surface area contributed by atoms with Crippen LogP contribution >= 0.6 is 7.82 Å². The molecule has 1 aliphatic rings. The van der Waals surface area contributed by atoms with Gasteiger partial charge in [0.25, 0.3) is 0 Å². The lowest BCUT2D eigenvalue weighted by Gasteiger charge is -2.34. The number of amides is 1. The fourth-order valence-electron chi connectivity index (χ4n) is 5.05. The summed E-state index contributed by atoms with van der Waals surface area (Å²) in [6.07, 6.45) is 8.65. The van der Waals surface area contributed by atoms with Crippen LogP contribution in [0, 0.1) is 11.7 Å². The highest BCUT2D eigenvalue weighted by molar-refractivity contribution is 7.46. The summed E-state index contributed by atoms with van der Waals surface area (Å²) in [6.45, 7) is 0.544. The predicted octanol–water partition coefficient (Wildman–Crippen LogP) is 3.99. The quantitative estimate of drug-likeness (QED) is 0.0876. The maximum absolute atomic E-state index is 13.4. The molecule has 1 fully saturated rings. The Morgan fingerprint density at radius 3 is 2.73 bits per heavy atom. The number of rotatable bonds is 16. The Morgan fingerprint density at radius 2 is 2.00 bits per heavy atom. The molecule has 0 aliphatic heterocycles. The number of aromatic nitrogens is 4. The number of carbonyl (C=O) groups excluding carboxylic acids is 1. The Balaban J connectivity index is 1.20. The van der Waals surface area contributed by atoms with Gasteiger partial charge in [0.2, 0.25) is 5.91 Å². The van der Waals surface area contributed by atoms with Gasteiger partial charge in [-0.1, -0.05) is 12.5 Å². The van der Waals surface area contributed by atoms with Crippen molar-refractivity contribution < 1.29 is 37.5 Å². The van der Waals surface area contributed by atoms with E-state index in [9.17, 15) is 13.8 Å². The van der Waals surface area contributed by atoms with Gasteiger partial charge in [0.05, 0.1) is 37.7 Å². The Kier molecular flexibility index (Phi) is 10.6. The largest absolute Gasteiger partial charge is 0.493 e. The molecule has 2 heterocycles. The molecule has 1 saturated carbocycles. The van der Waals surface area contributed by atoms with Gasteiger partial charge in [-0.05, 0) is 49.4 Å². The number of phosphoric acid groups is 1. The molecule has 45 heavy (non-hydrogen) atoms. The molecule has 4 aromatic rings. The van der Waals surface area contributed by atoms with E-state index >= 15 is 0 Å². The van der Waals surface area contributed by atoms with E-state index in [1.807, 2.05) is 0 Å².